The second-order valence-electron chi connectivity index (χ2n) is 3.56. The van der Waals surface area contributed by atoms with Gasteiger partial charge in [0, 0.05) is 7.05 Å². The second-order valence-corrected chi connectivity index (χ2v) is 3.95. The Morgan fingerprint density at radius 3 is 2.94 bits per heavy atom. The first-order valence-corrected chi connectivity index (χ1v) is 5.20. The maximum Gasteiger partial charge on any atom is 0.199 e. The third-order valence-electron chi connectivity index (χ3n) is 2.54. The molecule has 1 aromatic carbocycles. The van der Waals surface area contributed by atoms with Crippen molar-refractivity contribution < 1.29 is 0 Å². The molecule has 1 N–H and O–H groups in total. The molecule has 0 radical (unpaired) electrons. The number of hydrogen-bond acceptors (Lipinski definition) is 3. The van der Waals surface area contributed by atoms with Crippen LogP contribution in [-0.4, -0.2) is 24.3 Å². The van der Waals surface area contributed by atoms with Gasteiger partial charge in [-0.3, -0.25) is 9.67 Å². The Morgan fingerprint density at radius 2 is 2.19 bits per heavy atom. The van der Waals surface area contributed by atoms with E-state index in [1.807, 2.05) is 34.4 Å². The minimum absolute atomic E-state index is 0.585. The van der Waals surface area contributed by atoms with Crippen molar-refractivity contribution in [3.05, 3.63) is 35.6 Å². The molecule has 0 fully saturated rings. The number of H-pyrrole nitrogens is 1. The first kappa shape index (κ1) is 9.29. The Kier molecular flexibility index (Phi) is 1.90. The van der Waals surface area contributed by atoms with Gasteiger partial charge in [0.15, 0.2) is 4.77 Å². The van der Waals surface area contributed by atoms with E-state index in [4.69, 9.17) is 12.2 Å². The van der Waals surface area contributed by atoms with Gasteiger partial charge in [-0.1, -0.05) is 0 Å². The summed E-state index contributed by atoms with van der Waals surface area (Å²) in [4.78, 5) is 4.27. The number of aromatic amines is 1. The van der Waals surface area contributed by atoms with Crippen LogP contribution in [0.5, 0.6) is 0 Å². The van der Waals surface area contributed by atoms with Gasteiger partial charge in [-0.05, 0) is 30.4 Å². The lowest BCUT2D eigenvalue weighted by atomic mass is 10.2. The highest BCUT2D eigenvalue weighted by molar-refractivity contribution is 7.71. The van der Waals surface area contributed by atoms with Gasteiger partial charge in [-0.25, -0.2) is 4.98 Å². The quantitative estimate of drug-likeness (QED) is 0.650. The molecule has 0 aliphatic heterocycles. The summed E-state index contributed by atoms with van der Waals surface area (Å²) in [7, 11) is 1.97. The molecule has 3 rings (SSSR count). The molecule has 80 valence electrons. The summed E-state index contributed by atoms with van der Waals surface area (Å²) in [6, 6.07) is 5.98. The van der Waals surface area contributed by atoms with E-state index in [0.29, 0.717) is 4.77 Å². The standard InChI is InChI=1S/C10H9N5S/c1-14-5-11-8-3-2-7(4-9(8)14)15-6-12-13-10(15)16/h2-6H,1H3,(H,13,16). The summed E-state index contributed by atoms with van der Waals surface area (Å²) >= 11 is 5.12. The summed E-state index contributed by atoms with van der Waals surface area (Å²) in [5, 5.41) is 6.63. The summed E-state index contributed by atoms with van der Waals surface area (Å²) < 4.78 is 4.38. The molecule has 0 amide bonds. The lowest BCUT2D eigenvalue weighted by molar-refractivity contribution is 0.945. The van der Waals surface area contributed by atoms with E-state index < -0.39 is 0 Å². The largest absolute Gasteiger partial charge is 0.334 e. The third kappa shape index (κ3) is 1.27. The van der Waals surface area contributed by atoms with Gasteiger partial charge in [0.25, 0.3) is 0 Å². The molecular formula is C10H9N5S. The van der Waals surface area contributed by atoms with Crippen LogP contribution in [0, 0.1) is 4.77 Å². The highest BCUT2D eigenvalue weighted by Crippen LogP contribution is 2.16. The van der Waals surface area contributed by atoms with E-state index in [1.54, 1.807) is 12.7 Å². The van der Waals surface area contributed by atoms with Crippen molar-refractivity contribution >= 4 is 23.3 Å². The second kappa shape index (κ2) is 3.28. The van der Waals surface area contributed by atoms with Crippen molar-refractivity contribution in [3.8, 4) is 5.69 Å². The van der Waals surface area contributed by atoms with Crippen molar-refractivity contribution in [2.24, 2.45) is 7.05 Å². The topological polar surface area (TPSA) is 51.4 Å². The number of rotatable bonds is 1. The molecule has 0 saturated carbocycles. The SMILES string of the molecule is Cn1cnc2ccc(-n3cn[nH]c3=S)cc21. The van der Waals surface area contributed by atoms with Gasteiger partial charge < -0.3 is 4.57 Å². The molecule has 2 heterocycles. The Labute approximate surface area is 96.4 Å². The summed E-state index contributed by atoms with van der Waals surface area (Å²) in [5.41, 5.74) is 3.02. The number of nitrogens with zero attached hydrogens (tertiary/aromatic N) is 4. The molecule has 0 aliphatic carbocycles. The van der Waals surface area contributed by atoms with Crippen LogP contribution in [0.2, 0.25) is 0 Å². The van der Waals surface area contributed by atoms with Gasteiger partial charge in [0.2, 0.25) is 0 Å². The first-order chi connectivity index (χ1) is 7.75. The summed E-state index contributed by atoms with van der Waals surface area (Å²) in [6.45, 7) is 0. The van der Waals surface area contributed by atoms with Crippen molar-refractivity contribution in [1.29, 1.82) is 0 Å². The maximum absolute atomic E-state index is 5.12. The Morgan fingerprint density at radius 1 is 1.31 bits per heavy atom. The van der Waals surface area contributed by atoms with Crippen LogP contribution in [0.3, 0.4) is 0 Å². The molecule has 0 spiro atoms. The smallest absolute Gasteiger partial charge is 0.199 e. The number of benzene rings is 1. The lowest BCUT2D eigenvalue weighted by Crippen LogP contribution is -1.93. The average molecular weight is 231 g/mol. The molecule has 6 heteroatoms. The fourth-order valence-electron chi connectivity index (χ4n) is 1.70. The van der Waals surface area contributed by atoms with Crippen molar-refractivity contribution in [1.82, 2.24) is 24.3 Å². The predicted molar refractivity (Wildman–Crippen MR) is 63.0 cm³/mol. The zero-order chi connectivity index (χ0) is 11.1. The van der Waals surface area contributed by atoms with Crippen LogP contribution in [-0.2, 0) is 7.05 Å². The van der Waals surface area contributed by atoms with E-state index in [2.05, 4.69) is 15.2 Å². The van der Waals surface area contributed by atoms with Crippen LogP contribution < -0.4 is 0 Å². The van der Waals surface area contributed by atoms with Crippen LogP contribution in [0.4, 0.5) is 0 Å². The van der Waals surface area contributed by atoms with Gasteiger partial charge in [-0.15, -0.1) is 0 Å². The zero-order valence-electron chi connectivity index (χ0n) is 8.58. The number of imidazole rings is 1. The molecule has 16 heavy (non-hydrogen) atoms. The number of fused-ring (bicyclic) bond motifs is 1. The van der Waals surface area contributed by atoms with Gasteiger partial charge in [-0.2, -0.15) is 5.10 Å². The van der Waals surface area contributed by atoms with E-state index in [0.717, 1.165) is 16.7 Å². The fourth-order valence-corrected chi connectivity index (χ4v) is 1.90. The van der Waals surface area contributed by atoms with Crippen molar-refractivity contribution in [2.75, 3.05) is 0 Å². The minimum Gasteiger partial charge on any atom is -0.334 e. The molecule has 0 bridgehead atoms. The maximum atomic E-state index is 5.12. The summed E-state index contributed by atoms with van der Waals surface area (Å²) in [6.07, 6.45) is 3.46. The molecule has 0 aliphatic rings. The Bertz CT molecular complexity index is 705. The fraction of sp³-hybridized carbons (Fsp3) is 0.100. The van der Waals surface area contributed by atoms with E-state index in [9.17, 15) is 0 Å². The highest BCUT2D eigenvalue weighted by Gasteiger charge is 2.03. The highest BCUT2D eigenvalue weighted by atomic mass is 32.1. The molecule has 5 nitrogen and oxygen atoms in total. The number of aryl methyl sites for hydroxylation is 1. The van der Waals surface area contributed by atoms with Crippen molar-refractivity contribution in [3.63, 3.8) is 0 Å². The van der Waals surface area contributed by atoms with E-state index >= 15 is 0 Å². The molecule has 3 aromatic rings. The lowest BCUT2D eigenvalue weighted by Gasteiger charge is -2.01. The number of nitrogens with one attached hydrogen (secondary N) is 1. The normalized spacial score (nSPS) is 11.1. The van der Waals surface area contributed by atoms with Crippen LogP contribution in [0.1, 0.15) is 0 Å². The first-order valence-electron chi connectivity index (χ1n) is 4.79. The minimum atomic E-state index is 0.585. The zero-order valence-corrected chi connectivity index (χ0v) is 9.40. The van der Waals surface area contributed by atoms with Gasteiger partial charge >= 0.3 is 0 Å². The predicted octanol–water partition coefficient (Wildman–Crippen LogP) is 1.82. The number of aromatic nitrogens is 5. The Balaban J connectivity index is 2.29. The van der Waals surface area contributed by atoms with Crippen molar-refractivity contribution in [2.45, 2.75) is 0 Å². The molecule has 0 atom stereocenters. The molecule has 2 aromatic heterocycles. The Hall–Kier alpha value is -1.95. The van der Waals surface area contributed by atoms with E-state index in [1.165, 1.54) is 0 Å². The molecule has 0 saturated heterocycles. The third-order valence-corrected chi connectivity index (χ3v) is 2.83. The van der Waals surface area contributed by atoms with Gasteiger partial charge in [0.05, 0.1) is 23.0 Å². The summed E-state index contributed by atoms with van der Waals surface area (Å²) in [5.74, 6) is 0. The average Bonchev–Trinajstić information content (AvgIpc) is 2.86. The van der Waals surface area contributed by atoms with Crippen LogP contribution in [0.25, 0.3) is 16.7 Å². The van der Waals surface area contributed by atoms with Crippen LogP contribution >= 0.6 is 12.2 Å². The van der Waals surface area contributed by atoms with Gasteiger partial charge in [0.1, 0.15) is 6.33 Å². The monoisotopic (exact) mass is 231 g/mol. The molecule has 0 unspecified atom stereocenters. The number of hydrogen-bond donors (Lipinski definition) is 1. The molecular weight excluding hydrogens is 222 g/mol. The van der Waals surface area contributed by atoms with E-state index in [-0.39, 0.29) is 0 Å². The van der Waals surface area contributed by atoms with Crippen LogP contribution in [0.15, 0.2) is 30.9 Å².